The van der Waals surface area contributed by atoms with Crippen LogP contribution in [-0.2, 0) is 9.84 Å². The van der Waals surface area contributed by atoms with Crippen molar-refractivity contribution in [1.82, 2.24) is 0 Å². The van der Waals surface area contributed by atoms with Crippen molar-refractivity contribution in [2.45, 2.75) is 31.6 Å². The van der Waals surface area contributed by atoms with Crippen LogP contribution < -0.4 is 0 Å². The van der Waals surface area contributed by atoms with Crippen molar-refractivity contribution >= 4 is 15.6 Å². The Morgan fingerprint density at radius 1 is 1.22 bits per heavy atom. The van der Waals surface area contributed by atoms with Gasteiger partial charge in [-0.15, -0.1) is 0 Å². The van der Waals surface area contributed by atoms with E-state index in [2.05, 4.69) is 6.58 Å². The van der Waals surface area contributed by atoms with Gasteiger partial charge in [0.25, 0.3) is 0 Å². The molecule has 0 aliphatic carbocycles. The van der Waals surface area contributed by atoms with Crippen molar-refractivity contribution in [3.8, 4) is 0 Å². The normalized spacial score (nSPS) is 11.2. The van der Waals surface area contributed by atoms with E-state index in [-0.39, 0.29) is 16.4 Å². The average molecular weight is 266 g/mol. The SMILES string of the molecule is C=C(C)CS(=O)(=O)c1ccc(C(=O)CCC)cc1. The van der Waals surface area contributed by atoms with Gasteiger partial charge >= 0.3 is 0 Å². The highest BCUT2D eigenvalue weighted by atomic mass is 32.2. The van der Waals surface area contributed by atoms with Crippen LogP contribution in [0.15, 0.2) is 41.3 Å². The van der Waals surface area contributed by atoms with Crippen molar-refractivity contribution in [2.75, 3.05) is 5.75 Å². The molecule has 0 spiro atoms. The molecule has 0 bridgehead atoms. The van der Waals surface area contributed by atoms with E-state index >= 15 is 0 Å². The molecule has 0 aliphatic rings. The first-order chi connectivity index (χ1) is 8.36. The monoisotopic (exact) mass is 266 g/mol. The van der Waals surface area contributed by atoms with Gasteiger partial charge in [-0.3, -0.25) is 4.79 Å². The molecule has 0 fully saturated rings. The lowest BCUT2D eigenvalue weighted by Crippen LogP contribution is -2.08. The molecule has 1 aromatic carbocycles. The summed E-state index contributed by atoms with van der Waals surface area (Å²) in [6.07, 6.45) is 1.27. The highest BCUT2D eigenvalue weighted by molar-refractivity contribution is 7.91. The largest absolute Gasteiger partial charge is 0.294 e. The summed E-state index contributed by atoms with van der Waals surface area (Å²) in [5, 5.41) is 0. The summed E-state index contributed by atoms with van der Waals surface area (Å²) in [5.74, 6) is -0.0173. The predicted molar refractivity (Wildman–Crippen MR) is 72.5 cm³/mol. The Hall–Kier alpha value is -1.42. The number of ketones is 1. The van der Waals surface area contributed by atoms with E-state index in [4.69, 9.17) is 0 Å². The summed E-state index contributed by atoms with van der Waals surface area (Å²) in [7, 11) is -3.33. The van der Waals surface area contributed by atoms with Crippen LogP contribution in [0, 0.1) is 0 Å². The van der Waals surface area contributed by atoms with Crippen LogP contribution in [0.1, 0.15) is 37.0 Å². The first kappa shape index (κ1) is 14.6. The van der Waals surface area contributed by atoms with Crippen LogP contribution in [0.4, 0.5) is 0 Å². The summed E-state index contributed by atoms with van der Waals surface area (Å²) in [6, 6.07) is 6.12. The molecule has 0 amide bonds. The Balaban J connectivity index is 2.96. The lowest BCUT2D eigenvalue weighted by Gasteiger charge is -2.05. The number of Topliss-reactive ketones (excluding diaryl/α,β-unsaturated/α-hetero) is 1. The molecule has 98 valence electrons. The number of rotatable bonds is 6. The van der Waals surface area contributed by atoms with E-state index in [9.17, 15) is 13.2 Å². The summed E-state index contributed by atoms with van der Waals surface area (Å²) in [4.78, 5) is 11.9. The number of hydrogen-bond donors (Lipinski definition) is 0. The molecule has 0 radical (unpaired) electrons. The average Bonchev–Trinajstić information content (AvgIpc) is 2.28. The minimum atomic E-state index is -3.33. The molecule has 0 N–H and O–H groups in total. The fourth-order valence-electron chi connectivity index (χ4n) is 1.63. The van der Waals surface area contributed by atoms with Gasteiger partial charge in [0.1, 0.15) is 0 Å². The number of hydrogen-bond acceptors (Lipinski definition) is 3. The molecule has 1 aromatic rings. The van der Waals surface area contributed by atoms with Crippen molar-refractivity contribution in [3.05, 3.63) is 42.0 Å². The number of carbonyl (C=O) groups is 1. The molecule has 18 heavy (non-hydrogen) atoms. The third-order valence-corrected chi connectivity index (χ3v) is 4.31. The van der Waals surface area contributed by atoms with Crippen LogP contribution in [0.3, 0.4) is 0 Å². The molecule has 0 aromatic heterocycles. The second-order valence-electron chi connectivity index (χ2n) is 4.41. The zero-order chi connectivity index (χ0) is 13.8. The van der Waals surface area contributed by atoms with Crippen LogP contribution in [-0.4, -0.2) is 20.0 Å². The molecular formula is C14H18O3S. The quantitative estimate of drug-likeness (QED) is 0.587. The highest BCUT2D eigenvalue weighted by Gasteiger charge is 2.15. The van der Waals surface area contributed by atoms with E-state index in [1.54, 1.807) is 19.1 Å². The van der Waals surface area contributed by atoms with E-state index in [1.165, 1.54) is 12.1 Å². The van der Waals surface area contributed by atoms with Crippen molar-refractivity contribution in [1.29, 1.82) is 0 Å². The lowest BCUT2D eigenvalue weighted by atomic mass is 10.1. The minimum Gasteiger partial charge on any atom is -0.294 e. The molecular weight excluding hydrogens is 248 g/mol. The number of sulfone groups is 1. The highest BCUT2D eigenvalue weighted by Crippen LogP contribution is 2.15. The van der Waals surface area contributed by atoms with E-state index < -0.39 is 9.84 Å². The minimum absolute atomic E-state index is 0.0429. The van der Waals surface area contributed by atoms with Crippen molar-refractivity contribution in [3.63, 3.8) is 0 Å². The maximum Gasteiger partial charge on any atom is 0.182 e. The van der Waals surface area contributed by atoms with Crippen molar-refractivity contribution in [2.24, 2.45) is 0 Å². The number of benzene rings is 1. The van der Waals surface area contributed by atoms with E-state index in [0.29, 0.717) is 17.6 Å². The van der Waals surface area contributed by atoms with Crippen LogP contribution in [0.25, 0.3) is 0 Å². The van der Waals surface area contributed by atoms with E-state index in [0.717, 1.165) is 6.42 Å². The molecule has 1 rings (SSSR count). The third-order valence-electron chi connectivity index (χ3n) is 2.45. The third kappa shape index (κ3) is 3.81. The fraction of sp³-hybridized carbons (Fsp3) is 0.357. The molecule has 0 saturated heterocycles. The Kier molecular flexibility index (Phi) is 4.84. The van der Waals surface area contributed by atoms with Crippen LogP contribution in [0.5, 0.6) is 0 Å². The van der Waals surface area contributed by atoms with Gasteiger partial charge in [0.15, 0.2) is 15.6 Å². The topological polar surface area (TPSA) is 51.2 Å². The van der Waals surface area contributed by atoms with Gasteiger partial charge in [0.05, 0.1) is 10.6 Å². The Morgan fingerprint density at radius 2 is 1.78 bits per heavy atom. The molecule has 3 nitrogen and oxygen atoms in total. The molecule has 0 atom stereocenters. The van der Waals surface area contributed by atoms with Gasteiger partial charge < -0.3 is 0 Å². The second kappa shape index (κ2) is 5.96. The van der Waals surface area contributed by atoms with Crippen LogP contribution in [0.2, 0.25) is 0 Å². The Labute approximate surface area is 108 Å². The van der Waals surface area contributed by atoms with Gasteiger partial charge in [-0.25, -0.2) is 8.42 Å². The summed E-state index contributed by atoms with van der Waals surface area (Å²) in [5.41, 5.74) is 1.16. The second-order valence-corrected chi connectivity index (χ2v) is 6.40. The van der Waals surface area contributed by atoms with Crippen molar-refractivity contribution < 1.29 is 13.2 Å². The van der Waals surface area contributed by atoms with Gasteiger partial charge in [-0.1, -0.05) is 31.2 Å². The van der Waals surface area contributed by atoms with Gasteiger partial charge in [0.2, 0.25) is 0 Å². The number of carbonyl (C=O) groups excluding carboxylic acids is 1. The molecule has 0 unspecified atom stereocenters. The zero-order valence-corrected chi connectivity index (χ0v) is 11.6. The van der Waals surface area contributed by atoms with Gasteiger partial charge in [-0.05, 0) is 25.5 Å². The lowest BCUT2D eigenvalue weighted by molar-refractivity contribution is 0.0981. The molecule has 0 aliphatic heterocycles. The van der Waals surface area contributed by atoms with Gasteiger partial charge in [-0.2, -0.15) is 0 Å². The summed E-state index contributed by atoms with van der Waals surface area (Å²) >= 11 is 0. The molecule has 0 saturated carbocycles. The molecule has 4 heteroatoms. The summed E-state index contributed by atoms with van der Waals surface area (Å²) < 4.78 is 23.8. The Bertz CT molecular complexity index is 539. The smallest absolute Gasteiger partial charge is 0.182 e. The zero-order valence-electron chi connectivity index (χ0n) is 10.8. The first-order valence-corrected chi connectivity index (χ1v) is 7.52. The molecule has 0 heterocycles. The standard InChI is InChI=1S/C14H18O3S/c1-4-5-14(15)12-6-8-13(9-7-12)18(16,17)10-11(2)3/h6-9H,2,4-5,10H2,1,3H3. The maximum absolute atomic E-state index is 11.9. The predicted octanol–water partition coefficient (Wildman–Crippen LogP) is 3.02. The Morgan fingerprint density at radius 3 is 2.22 bits per heavy atom. The fourth-order valence-corrected chi connectivity index (χ4v) is 2.99. The van der Waals surface area contributed by atoms with E-state index in [1.807, 2.05) is 6.92 Å². The maximum atomic E-state index is 11.9. The van der Waals surface area contributed by atoms with Gasteiger partial charge in [0, 0.05) is 12.0 Å². The first-order valence-electron chi connectivity index (χ1n) is 5.87. The van der Waals surface area contributed by atoms with Crippen LogP contribution >= 0.6 is 0 Å². The summed E-state index contributed by atoms with van der Waals surface area (Å²) in [6.45, 7) is 7.21.